The number of ether oxygens (including phenoxy) is 1. The van der Waals surface area contributed by atoms with Crippen molar-refractivity contribution in [1.29, 1.82) is 0 Å². The Bertz CT molecular complexity index is 329. The van der Waals surface area contributed by atoms with E-state index in [1.807, 2.05) is 6.07 Å². The summed E-state index contributed by atoms with van der Waals surface area (Å²) in [5.41, 5.74) is 0.989. The minimum absolute atomic E-state index is 0.577. The molecule has 1 rings (SSSR count). The van der Waals surface area contributed by atoms with Gasteiger partial charge in [0.2, 0.25) is 0 Å². The fourth-order valence-electron chi connectivity index (χ4n) is 1.19. The lowest BCUT2D eigenvalue weighted by Crippen LogP contribution is -1.99. The zero-order valence-corrected chi connectivity index (χ0v) is 11.6. The van der Waals surface area contributed by atoms with Crippen LogP contribution >= 0.6 is 39.1 Å². The van der Waals surface area contributed by atoms with Crippen LogP contribution in [0.5, 0.6) is 5.75 Å². The lowest BCUT2D eigenvalue weighted by Gasteiger charge is -2.11. The van der Waals surface area contributed by atoms with Crippen LogP contribution in [0.15, 0.2) is 12.1 Å². The van der Waals surface area contributed by atoms with Gasteiger partial charge in [-0.2, -0.15) is 0 Å². The molecular weight excluding hydrogens is 299 g/mol. The first-order chi connectivity index (χ1) is 7.19. The van der Waals surface area contributed by atoms with E-state index < -0.39 is 0 Å². The predicted octanol–water partition coefficient (Wildman–Crippen LogP) is 5.07. The monoisotopic (exact) mass is 310 g/mol. The van der Waals surface area contributed by atoms with Crippen molar-refractivity contribution in [2.24, 2.45) is 0 Å². The van der Waals surface area contributed by atoms with Gasteiger partial charge in [0.15, 0.2) is 0 Å². The number of benzene rings is 1. The van der Waals surface area contributed by atoms with E-state index in [1.54, 1.807) is 6.07 Å². The molecule has 0 fully saturated rings. The summed E-state index contributed by atoms with van der Waals surface area (Å²) in [7, 11) is 0. The molecule has 15 heavy (non-hydrogen) atoms. The van der Waals surface area contributed by atoms with Gasteiger partial charge in [0, 0.05) is 15.9 Å². The van der Waals surface area contributed by atoms with Crippen LogP contribution in [0.3, 0.4) is 0 Å². The van der Waals surface area contributed by atoms with Crippen molar-refractivity contribution in [1.82, 2.24) is 0 Å². The molecule has 0 saturated carbocycles. The molecular formula is C11H13BrCl2O. The van der Waals surface area contributed by atoms with Crippen molar-refractivity contribution in [3.8, 4) is 5.75 Å². The molecule has 1 nitrogen and oxygen atoms in total. The van der Waals surface area contributed by atoms with Crippen molar-refractivity contribution in [3.63, 3.8) is 0 Å². The molecule has 0 unspecified atom stereocenters. The van der Waals surface area contributed by atoms with Crippen molar-refractivity contribution in [3.05, 3.63) is 27.7 Å². The summed E-state index contributed by atoms with van der Waals surface area (Å²) in [6.07, 6.45) is 2.13. The Hall–Kier alpha value is 0.0800. The zero-order valence-electron chi connectivity index (χ0n) is 8.53. The van der Waals surface area contributed by atoms with Crippen LogP contribution in [0.4, 0.5) is 0 Å². The molecule has 0 atom stereocenters. The number of hydrogen-bond acceptors (Lipinski definition) is 1. The highest BCUT2D eigenvalue weighted by Gasteiger charge is 2.09. The summed E-state index contributed by atoms with van der Waals surface area (Å²) in [6.45, 7) is 2.82. The van der Waals surface area contributed by atoms with Gasteiger partial charge in [-0.05, 0) is 18.6 Å². The van der Waals surface area contributed by atoms with E-state index in [4.69, 9.17) is 27.9 Å². The lowest BCUT2D eigenvalue weighted by atomic mass is 10.2. The molecule has 0 heterocycles. The van der Waals surface area contributed by atoms with Crippen molar-refractivity contribution >= 4 is 39.1 Å². The maximum Gasteiger partial charge on any atom is 0.142 e. The van der Waals surface area contributed by atoms with Gasteiger partial charge in [-0.3, -0.25) is 0 Å². The average molecular weight is 312 g/mol. The van der Waals surface area contributed by atoms with Crippen molar-refractivity contribution in [2.75, 3.05) is 6.61 Å². The van der Waals surface area contributed by atoms with Gasteiger partial charge in [-0.1, -0.05) is 52.5 Å². The third-order valence-electron chi connectivity index (χ3n) is 1.97. The Morgan fingerprint density at radius 3 is 2.67 bits per heavy atom. The highest BCUT2D eigenvalue weighted by molar-refractivity contribution is 9.08. The number of unbranched alkanes of at least 4 members (excludes halogenated alkanes) is 1. The molecule has 0 aliphatic rings. The van der Waals surface area contributed by atoms with Crippen LogP contribution in [0, 0.1) is 0 Å². The third kappa shape index (κ3) is 3.86. The van der Waals surface area contributed by atoms with E-state index in [2.05, 4.69) is 22.9 Å². The Morgan fingerprint density at radius 1 is 1.33 bits per heavy atom. The highest BCUT2D eigenvalue weighted by atomic mass is 79.9. The van der Waals surface area contributed by atoms with Crippen LogP contribution in [0.25, 0.3) is 0 Å². The number of rotatable bonds is 5. The highest BCUT2D eigenvalue weighted by Crippen LogP contribution is 2.33. The zero-order chi connectivity index (χ0) is 11.3. The minimum Gasteiger partial charge on any atom is -0.492 e. The second-order valence-electron chi connectivity index (χ2n) is 3.21. The van der Waals surface area contributed by atoms with Crippen molar-refractivity contribution in [2.45, 2.75) is 25.1 Å². The summed E-state index contributed by atoms with van der Waals surface area (Å²) in [5.74, 6) is 0.742. The number of alkyl halides is 1. The van der Waals surface area contributed by atoms with Crippen LogP contribution in [0.1, 0.15) is 25.3 Å². The molecule has 0 bridgehead atoms. The van der Waals surface area contributed by atoms with Gasteiger partial charge in [0.05, 0.1) is 11.6 Å². The predicted molar refractivity (Wildman–Crippen MR) is 69.5 cm³/mol. The topological polar surface area (TPSA) is 9.23 Å². The van der Waals surface area contributed by atoms with Crippen LogP contribution in [-0.2, 0) is 5.33 Å². The number of halogens is 3. The summed E-state index contributed by atoms with van der Waals surface area (Å²) in [5, 5.41) is 1.90. The van der Waals surface area contributed by atoms with Gasteiger partial charge in [-0.15, -0.1) is 0 Å². The molecule has 0 amide bonds. The maximum absolute atomic E-state index is 6.06. The Labute approximate surface area is 109 Å². The van der Waals surface area contributed by atoms with Gasteiger partial charge >= 0.3 is 0 Å². The molecule has 0 aliphatic carbocycles. The minimum atomic E-state index is 0.577. The van der Waals surface area contributed by atoms with E-state index in [0.29, 0.717) is 22.0 Å². The smallest absolute Gasteiger partial charge is 0.142 e. The molecule has 0 N–H and O–H groups in total. The Balaban J connectivity index is 2.84. The van der Waals surface area contributed by atoms with Gasteiger partial charge in [-0.25, -0.2) is 0 Å². The summed E-state index contributed by atoms with van der Waals surface area (Å²) in [6, 6.07) is 3.57. The van der Waals surface area contributed by atoms with E-state index in [9.17, 15) is 0 Å². The first-order valence-corrected chi connectivity index (χ1v) is 6.73. The largest absolute Gasteiger partial charge is 0.492 e. The normalized spacial score (nSPS) is 10.4. The van der Waals surface area contributed by atoms with E-state index in [-0.39, 0.29) is 0 Å². The molecule has 1 aromatic carbocycles. The summed E-state index contributed by atoms with van der Waals surface area (Å²) in [4.78, 5) is 0. The number of hydrogen-bond donors (Lipinski definition) is 0. The maximum atomic E-state index is 6.06. The van der Waals surface area contributed by atoms with E-state index in [0.717, 1.165) is 24.2 Å². The fourth-order valence-corrected chi connectivity index (χ4v) is 2.20. The summed E-state index contributed by atoms with van der Waals surface area (Å²) >= 11 is 15.4. The Kier molecular flexibility index (Phi) is 5.80. The average Bonchev–Trinajstić information content (AvgIpc) is 2.20. The standard InChI is InChI=1S/C11H13BrCl2O/c1-2-3-4-15-11-8(7-12)5-9(13)6-10(11)14/h5-6H,2-4,7H2,1H3. The molecule has 4 heteroatoms. The molecule has 0 aliphatic heterocycles. The molecule has 0 radical (unpaired) electrons. The second kappa shape index (κ2) is 6.62. The first-order valence-electron chi connectivity index (χ1n) is 4.85. The first kappa shape index (κ1) is 13.1. The van der Waals surface area contributed by atoms with E-state index in [1.165, 1.54) is 0 Å². The van der Waals surface area contributed by atoms with Gasteiger partial charge < -0.3 is 4.74 Å². The van der Waals surface area contributed by atoms with E-state index >= 15 is 0 Å². The molecule has 1 aromatic rings. The molecule has 0 saturated heterocycles. The quantitative estimate of drug-likeness (QED) is 0.545. The lowest BCUT2D eigenvalue weighted by molar-refractivity contribution is 0.307. The van der Waals surface area contributed by atoms with Crippen molar-refractivity contribution < 1.29 is 4.74 Å². The Morgan fingerprint density at radius 2 is 2.07 bits per heavy atom. The van der Waals surface area contributed by atoms with Gasteiger partial charge in [0.1, 0.15) is 5.75 Å². The SMILES string of the molecule is CCCCOc1c(Cl)cc(Cl)cc1CBr. The summed E-state index contributed by atoms with van der Waals surface area (Å²) < 4.78 is 5.63. The molecule has 0 aromatic heterocycles. The third-order valence-corrected chi connectivity index (χ3v) is 3.08. The van der Waals surface area contributed by atoms with Gasteiger partial charge in [0.25, 0.3) is 0 Å². The van der Waals surface area contributed by atoms with Crippen LogP contribution in [-0.4, -0.2) is 6.61 Å². The van der Waals surface area contributed by atoms with Crippen LogP contribution in [0.2, 0.25) is 10.0 Å². The molecule has 84 valence electrons. The second-order valence-corrected chi connectivity index (χ2v) is 4.62. The fraction of sp³-hybridized carbons (Fsp3) is 0.455. The van der Waals surface area contributed by atoms with Crippen LogP contribution < -0.4 is 4.74 Å². The molecule has 0 spiro atoms.